The Balaban J connectivity index is 2.15. The third kappa shape index (κ3) is 5.58. The van der Waals surface area contributed by atoms with E-state index in [0.29, 0.717) is 13.1 Å². The second-order valence-electron chi connectivity index (χ2n) is 3.75. The van der Waals surface area contributed by atoms with Crippen molar-refractivity contribution in [1.82, 2.24) is 14.6 Å². The molecule has 98 valence electrons. The molecule has 0 aliphatic carbocycles. The van der Waals surface area contributed by atoms with Crippen molar-refractivity contribution in [2.24, 2.45) is 0 Å². The van der Waals surface area contributed by atoms with Gasteiger partial charge in [-0.25, -0.2) is 12.7 Å². The monoisotopic (exact) mass is 277 g/mol. The quantitative estimate of drug-likeness (QED) is 0.717. The standard InChI is InChI=1S/C10H19N3O2S2/c1-3-13(17(2,14)15)6-4-5-11-7-10-8-12-9-16-10/h8-9,11H,3-7H2,1-2H3. The second-order valence-corrected chi connectivity index (χ2v) is 6.71. The molecule has 0 saturated heterocycles. The fourth-order valence-corrected chi connectivity index (χ4v) is 2.97. The molecule has 1 N–H and O–H groups in total. The van der Waals surface area contributed by atoms with Gasteiger partial charge in [-0.2, -0.15) is 0 Å². The lowest BCUT2D eigenvalue weighted by atomic mass is 10.4. The summed E-state index contributed by atoms with van der Waals surface area (Å²) >= 11 is 1.62. The molecule has 0 bridgehead atoms. The van der Waals surface area contributed by atoms with E-state index in [0.717, 1.165) is 19.5 Å². The van der Waals surface area contributed by atoms with Crippen molar-refractivity contribution in [3.05, 3.63) is 16.6 Å². The maximum Gasteiger partial charge on any atom is 0.211 e. The average molecular weight is 277 g/mol. The Hall–Kier alpha value is -0.500. The predicted molar refractivity (Wildman–Crippen MR) is 70.5 cm³/mol. The van der Waals surface area contributed by atoms with Crippen LogP contribution in [-0.2, 0) is 16.6 Å². The first-order chi connectivity index (χ1) is 8.04. The molecule has 1 rings (SSSR count). The Kier molecular flexibility index (Phi) is 6.04. The van der Waals surface area contributed by atoms with Crippen molar-refractivity contribution in [2.75, 3.05) is 25.9 Å². The molecule has 1 aromatic heterocycles. The minimum atomic E-state index is -3.05. The zero-order chi connectivity index (χ0) is 12.7. The van der Waals surface area contributed by atoms with Crippen molar-refractivity contribution >= 4 is 21.4 Å². The Bertz CT molecular complexity index is 403. The highest BCUT2D eigenvalue weighted by Crippen LogP contribution is 2.04. The summed E-state index contributed by atoms with van der Waals surface area (Å²) in [6, 6.07) is 0. The van der Waals surface area contributed by atoms with Crippen LogP contribution in [0, 0.1) is 0 Å². The molecule has 17 heavy (non-hydrogen) atoms. The maximum absolute atomic E-state index is 11.3. The second kappa shape index (κ2) is 7.05. The maximum atomic E-state index is 11.3. The van der Waals surface area contributed by atoms with E-state index in [-0.39, 0.29) is 0 Å². The molecule has 0 aliphatic heterocycles. The van der Waals surface area contributed by atoms with Crippen LogP contribution in [-0.4, -0.2) is 43.6 Å². The molecule has 1 heterocycles. The van der Waals surface area contributed by atoms with Crippen molar-refractivity contribution in [3.8, 4) is 0 Å². The van der Waals surface area contributed by atoms with E-state index >= 15 is 0 Å². The van der Waals surface area contributed by atoms with Gasteiger partial charge in [0.25, 0.3) is 0 Å². The van der Waals surface area contributed by atoms with E-state index in [2.05, 4.69) is 10.3 Å². The van der Waals surface area contributed by atoms with E-state index in [9.17, 15) is 8.42 Å². The van der Waals surface area contributed by atoms with Gasteiger partial charge >= 0.3 is 0 Å². The minimum absolute atomic E-state index is 0.535. The lowest BCUT2D eigenvalue weighted by Crippen LogP contribution is -2.32. The topological polar surface area (TPSA) is 62.3 Å². The Morgan fingerprint density at radius 1 is 1.53 bits per heavy atom. The number of rotatable bonds is 8. The summed E-state index contributed by atoms with van der Waals surface area (Å²) in [5.74, 6) is 0. The molecule has 0 saturated carbocycles. The SMILES string of the molecule is CCN(CCCNCc1cncs1)S(C)(=O)=O. The van der Waals surface area contributed by atoms with Crippen LogP contribution in [0.1, 0.15) is 18.2 Å². The molecule has 0 radical (unpaired) electrons. The molecule has 0 amide bonds. The van der Waals surface area contributed by atoms with Crippen LogP contribution in [0.15, 0.2) is 11.7 Å². The van der Waals surface area contributed by atoms with E-state index < -0.39 is 10.0 Å². The molecule has 5 nitrogen and oxygen atoms in total. The average Bonchev–Trinajstić information content (AvgIpc) is 2.74. The summed E-state index contributed by atoms with van der Waals surface area (Å²) in [5, 5.41) is 3.27. The first-order valence-electron chi connectivity index (χ1n) is 5.57. The number of hydrogen-bond acceptors (Lipinski definition) is 5. The zero-order valence-electron chi connectivity index (χ0n) is 10.2. The predicted octanol–water partition coefficient (Wildman–Crippen LogP) is 0.904. The van der Waals surface area contributed by atoms with Gasteiger partial charge in [0, 0.05) is 30.7 Å². The van der Waals surface area contributed by atoms with Crippen LogP contribution in [0.2, 0.25) is 0 Å². The molecule has 0 fully saturated rings. The van der Waals surface area contributed by atoms with Crippen LogP contribution < -0.4 is 5.32 Å². The number of nitrogens with one attached hydrogen (secondary N) is 1. The normalized spacial score (nSPS) is 12.2. The van der Waals surface area contributed by atoms with Gasteiger partial charge < -0.3 is 5.32 Å². The Morgan fingerprint density at radius 3 is 2.82 bits per heavy atom. The highest BCUT2D eigenvalue weighted by molar-refractivity contribution is 7.88. The highest BCUT2D eigenvalue weighted by Gasteiger charge is 2.12. The van der Waals surface area contributed by atoms with E-state index in [1.54, 1.807) is 16.8 Å². The molecular formula is C10H19N3O2S2. The summed E-state index contributed by atoms with van der Waals surface area (Å²) in [7, 11) is -3.05. The van der Waals surface area contributed by atoms with Crippen LogP contribution in [0.5, 0.6) is 0 Å². The third-order valence-electron chi connectivity index (χ3n) is 2.37. The van der Waals surface area contributed by atoms with Gasteiger partial charge in [0.15, 0.2) is 0 Å². The van der Waals surface area contributed by atoms with Gasteiger partial charge in [0.1, 0.15) is 0 Å². The minimum Gasteiger partial charge on any atom is -0.312 e. The van der Waals surface area contributed by atoms with Gasteiger partial charge in [-0.3, -0.25) is 4.98 Å². The number of aromatic nitrogens is 1. The Morgan fingerprint density at radius 2 is 2.29 bits per heavy atom. The van der Waals surface area contributed by atoms with Crippen molar-refractivity contribution in [2.45, 2.75) is 19.9 Å². The summed E-state index contributed by atoms with van der Waals surface area (Å²) in [6.07, 6.45) is 3.91. The molecule has 0 unspecified atom stereocenters. The lowest BCUT2D eigenvalue weighted by molar-refractivity contribution is 0.419. The molecule has 0 spiro atoms. The van der Waals surface area contributed by atoms with Gasteiger partial charge in [0.2, 0.25) is 10.0 Å². The van der Waals surface area contributed by atoms with Crippen LogP contribution in [0.4, 0.5) is 0 Å². The summed E-state index contributed by atoms with van der Waals surface area (Å²) in [6.45, 7) is 4.57. The van der Waals surface area contributed by atoms with Gasteiger partial charge in [-0.05, 0) is 13.0 Å². The number of nitrogens with zero attached hydrogens (tertiary/aromatic N) is 2. The van der Waals surface area contributed by atoms with Crippen LogP contribution >= 0.6 is 11.3 Å². The van der Waals surface area contributed by atoms with E-state index in [1.165, 1.54) is 15.4 Å². The fraction of sp³-hybridized carbons (Fsp3) is 0.700. The summed E-state index contributed by atoms with van der Waals surface area (Å²) in [5.41, 5.74) is 1.81. The van der Waals surface area contributed by atoms with Crippen LogP contribution in [0.25, 0.3) is 0 Å². The molecular weight excluding hydrogens is 258 g/mol. The van der Waals surface area contributed by atoms with Crippen LogP contribution in [0.3, 0.4) is 0 Å². The molecule has 7 heteroatoms. The largest absolute Gasteiger partial charge is 0.312 e. The van der Waals surface area contributed by atoms with Crippen molar-refractivity contribution in [1.29, 1.82) is 0 Å². The van der Waals surface area contributed by atoms with Gasteiger partial charge in [-0.1, -0.05) is 6.92 Å². The smallest absolute Gasteiger partial charge is 0.211 e. The molecule has 1 aromatic rings. The first kappa shape index (κ1) is 14.6. The molecule has 0 aromatic carbocycles. The zero-order valence-corrected chi connectivity index (χ0v) is 11.9. The van der Waals surface area contributed by atoms with Gasteiger partial charge in [0.05, 0.1) is 11.8 Å². The Labute approximate surface area is 107 Å². The number of hydrogen-bond donors (Lipinski definition) is 1. The van der Waals surface area contributed by atoms with E-state index in [4.69, 9.17) is 0 Å². The lowest BCUT2D eigenvalue weighted by Gasteiger charge is -2.17. The first-order valence-corrected chi connectivity index (χ1v) is 8.30. The van der Waals surface area contributed by atoms with Gasteiger partial charge in [-0.15, -0.1) is 11.3 Å². The highest BCUT2D eigenvalue weighted by atomic mass is 32.2. The van der Waals surface area contributed by atoms with Crippen molar-refractivity contribution < 1.29 is 8.42 Å². The van der Waals surface area contributed by atoms with E-state index in [1.807, 2.05) is 13.1 Å². The molecule has 0 atom stereocenters. The number of thiazole rings is 1. The fourth-order valence-electron chi connectivity index (χ4n) is 1.48. The summed E-state index contributed by atoms with van der Waals surface area (Å²) < 4.78 is 24.1. The number of sulfonamides is 1. The third-order valence-corrected chi connectivity index (χ3v) is 4.52. The summed E-state index contributed by atoms with van der Waals surface area (Å²) in [4.78, 5) is 5.18. The van der Waals surface area contributed by atoms with Crippen molar-refractivity contribution in [3.63, 3.8) is 0 Å². The molecule has 0 aliphatic rings.